The maximum atomic E-state index is 2.28. The van der Waals surface area contributed by atoms with Crippen LogP contribution in [0.2, 0.25) is 0 Å². The van der Waals surface area contributed by atoms with Crippen molar-refractivity contribution in [3.8, 4) is 11.1 Å². The highest BCUT2D eigenvalue weighted by molar-refractivity contribution is 5.64. The average molecular weight is 296 g/mol. The normalized spacial score (nSPS) is 11.1. The van der Waals surface area contributed by atoms with Crippen molar-refractivity contribution < 1.29 is 0 Å². The van der Waals surface area contributed by atoms with Gasteiger partial charge in [-0.05, 0) is 40.0 Å². The van der Waals surface area contributed by atoms with E-state index in [-0.39, 0.29) is 0 Å². The Hall–Kier alpha value is -1.56. The SMILES string of the molecule is CC.CC(C)c1ccc(-c2ccc(CC(C)(C)C)cc2)cc1. The molecule has 0 amide bonds. The summed E-state index contributed by atoms with van der Waals surface area (Å²) in [5, 5.41) is 0. The molecular formula is C22H32. The highest BCUT2D eigenvalue weighted by Gasteiger charge is 2.11. The zero-order valence-electron chi connectivity index (χ0n) is 15.4. The molecule has 0 saturated carbocycles. The highest BCUT2D eigenvalue weighted by atomic mass is 14.2. The van der Waals surface area contributed by atoms with E-state index in [9.17, 15) is 0 Å². The molecule has 0 saturated heterocycles. The van der Waals surface area contributed by atoms with Crippen molar-refractivity contribution in [1.29, 1.82) is 0 Å². The predicted octanol–water partition coefficient (Wildman–Crippen LogP) is 7.09. The lowest BCUT2D eigenvalue weighted by atomic mass is 9.87. The standard InChI is InChI=1S/C20H26.C2H6/c1-15(2)17-10-12-19(13-11-17)18-8-6-16(7-9-18)14-20(3,4)5;1-2/h6-13,15H,14H2,1-5H3;1-2H3. The first-order valence-electron chi connectivity index (χ1n) is 8.54. The van der Waals surface area contributed by atoms with Crippen LogP contribution < -0.4 is 0 Å². The smallest absolute Gasteiger partial charge is 0.0184 e. The van der Waals surface area contributed by atoms with Crippen LogP contribution in [0.5, 0.6) is 0 Å². The molecular weight excluding hydrogens is 264 g/mol. The molecule has 22 heavy (non-hydrogen) atoms. The molecule has 0 aromatic heterocycles. The van der Waals surface area contributed by atoms with Crippen LogP contribution in [0.3, 0.4) is 0 Å². The van der Waals surface area contributed by atoms with E-state index in [2.05, 4.69) is 83.1 Å². The zero-order chi connectivity index (χ0) is 16.8. The third-order valence-corrected chi connectivity index (χ3v) is 3.60. The molecule has 0 heteroatoms. The van der Waals surface area contributed by atoms with Gasteiger partial charge in [-0.1, -0.05) is 97.0 Å². The molecule has 2 aromatic carbocycles. The van der Waals surface area contributed by atoms with Gasteiger partial charge in [-0.25, -0.2) is 0 Å². The molecule has 0 N–H and O–H groups in total. The van der Waals surface area contributed by atoms with Crippen molar-refractivity contribution in [2.45, 2.75) is 60.8 Å². The van der Waals surface area contributed by atoms with Crippen LogP contribution in [0.1, 0.15) is 65.5 Å². The molecule has 0 heterocycles. The summed E-state index contributed by atoms with van der Waals surface area (Å²) in [4.78, 5) is 0. The van der Waals surface area contributed by atoms with Gasteiger partial charge in [0.15, 0.2) is 0 Å². The Morgan fingerprint density at radius 3 is 1.50 bits per heavy atom. The first kappa shape index (κ1) is 18.5. The molecule has 0 aliphatic heterocycles. The maximum absolute atomic E-state index is 2.28. The predicted molar refractivity (Wildman–Crippen MR) is 100 cm³/mol. The van der Waals surface area contributed by atoms with E-state index in [1.807, 2.05) is 13.8 Å². The van der Waals surface area contributed by atoms with Gasteiger partial charge in [0.1, 0.15) is 0 Å². The Morgan fingerprint density at radius 1 is 0.727 bits per heavy atom. The van der Waals surface area contributed by atoms with Crippen LogP contribution in [0.25, 0.3) is 11.1 Å². The third-order valence-electron chi connectivity index (χ3n) is 3.60. The van der Waals surface area contributed by atoms with Gasteiger partial charge in [0, 0.05) is 0 Å². The van der Waals surface area contributed by atoms with Crippen LogP contribution in [0.15, 0.2) is 48.5 Å². The first-order chi connectivity index (χ1) is 10.3. The second-order valence-electron chi connectivity index (χ2n) is 7.21. The quantitative estimate of drug-likeness (QED) is 0.567. The average Bonchev–Trinajstić information content (AvgIpc) is 2.48. The van der Waals surface area contributed by atoms with Crippen LogP contribution in [-0.2, 0) is 6.42 Å². The molecule has 0 bridgehead atoms. The van der Waals surface area contributed by atoms with Crippen LogP contribution in [-0.4, -0.2) is 0 Å². The van der Waals surface area contributed by atoms with Crippen molar-refractivity contribution in [3.05, 3.63) is 59.7 Å². The van der Waals surface area contributed by atoms with Crippen LogP contribution >= 0.6 is 0 Å². The Morgan fingerprint density at radius 2 is 1.14 bits per heavy atom. The molecule has 2 aromatic rings. The van der Waals surface area contributed by atoms with Crippen molar-refractivity contribution in [2.75, 3.05) is 0 Å². The van der Waals surface area contributed by atoms with E-state index in [0.29, 0.717) is 11.3 Å². The minimum atomic E-state index is 0.348. The van der Waals surface area contributed by atoms with Crippen molar-refractivity contribution in [2.24, 2.45) is 5.41 Å². The van der Waals surface area contributed by atoms with Gasteiger partial charge < -0.3 is 0 Å². The largest absolute Gasteiger partial charge is 0.0683 e. The van der Waals surface area contributed by atoms with Crippen molar-refractivity contribution in [1.82, 2.24) is 0 Å². The molecule has 0 radical (unpaired) electrons. The molecule has 0 unspecified atom stereocenters. The fourth-order valence-electron chi connectivity index (χ4n) is 2.49. The van der Waals surface area contributed by atoms with Gasteiger partial charge >= 0.3 is 0 Å². The second-order valence-corrected chi connectivity index (χ2v) is 7.21. The van der Waals surface area contributed by atoms with Gasteiger partial charge in [0.05, 0.1) is 0 Å². The summed E-state index contributed by atoms with van der Waals surface area (Å²) >= 11 is 0. The number of hydrogen-bond donors (Lipinski definition) is 0. The fraction of sp³-hybridized carbons (Fsp3) is 0.455. The number of benzene rings is 2. The Kier molecular flexibility index (Phi) is 6.87. The Labute approximate surface area is 137 Å². The minimum absolute atomic E-state index is 0.348. The summed E-state index contributed by atoms with van der Waals surface area (Å²) in [5.74, 6) is 0.596. The minimum Gasteiger partial charge on any atom is -0.0683 e. The summed E-state index contributed by atoms with van der Waals surface area (Å²) < 4.78 is 0. The number of rotatable bonds is 3. The summed E-state index contributed by atoms with van der Waals surface area (Å²) in [6, 6.07) is 17.9. The van der Waals surface area contributed by atoms with Crippen molar-refractivity contribution in [3.63, 3.8) is 0 Å². The van der Waals surface area contributed by atoms with Gasteiger partial charge in [-0.15, -0.1) is 0 Å². The highest BCUT2D eigenvalue weighted by Crippen LogP contribution is 2.25. The molecule has 0 aliphatic rings. The molecule has 0 spiro atoms. The fourth-order valence-corrected chi connectivity index (χ4v) is 2.49. The molecule has 0 atom stereocenters. The van der Waals surface area contributed by atoms with Gasteiger partial charge in [0.2, 0.25) is 0 Å². The third kappa shape index (κ3) is 5.67. The Balaban J connectivity index is 0.00000116. The molecule has 2 rings (SSSR count). The topological polar surface area (TPSA) is 0 Å². The van der Waals surface area contributed by atoms with E-state index in [4.69, 9.17) is 0 Å². The van der Waals surface area contributed by atoms with Crippen LogP contribution in [0, 0.1) is 5.41 Å². The molecule has 0 aliphatic carbocycles. The first-order valence-corrected chi connectivity index (χ1v) is 8.54. The van der Waals surface area contributed by atoms with E-state index in [0.717, 1.165) is 6.42 Å². The maximum Gasteiger partial charge on any atom is -0.0184 e. The van der Waals surface area contributed by atoms with E-state index < -0.39 is 0 Å². The lowest BCUT2D eigenvalue weighted by Gasteiger charge is -2.18. The summed E-state index contributed by atoms with van der Waals surface area (Å²) in [6.07, 6.45) is 1.12. The lowest BCUT2D eigenvalue weighted by molar-refractivity contribution is 0.411. The zero-order valence-corrected chi connectivity index (χ0v) is 15.4. The molecule has 120 valence electrons. The summed E-state index contributed by atoms with van der Waals surface area (Å²) in [6.45, 7) is 15.3. The lowest BCUT2D eigenvalue weighted by Crippen LogP contribution is -2.08. The second kappa shape index (κ2) is 8.17. The molecule has 0 fully saturated rings. The van der Waals surface area contributed by atoms with Gasteiger partial charge in [-0.3, -0.25) is 0 Å². The number of hydrogen-bond acceptors (Lipinski definition) is 0. The van der Waals surface area contributed by atoms with Gasteiger partial charge in [0.25, 0.3) is 0 Å². The van der Waals surface area contributed by atoms with E-state index in [1.165, 1.54) is 22.3 Å². The van der Waals surface area contributed by atoms with Crippen LogP contribution in [0.4, 0.5) is 0 Å². The summed E-state index contributed by atoms with van der Waals surface area (Å²) in [5.41, 5.74) is 5.77. The van der Waals surface area contributed by atoms with Crippen molar-refractivity contribution >= 4 is 0 Å². The Bertz CT molecular complexity index is 536. The van der Waals surface area contributed by atoms with E-state index in [1.54, 1.807) is 0 Å². The van der Waals surface area contributed by atoms with E-state index >= 15 is 0 Å². The summed E-state index contributed by atoms with van der Waals surface area (Å²) in [7, 11) is 0. The molecule has 0 nitrogen and oxygen atoms in total. The monoisotopic (exact) mass is 296 g/mol. The van der Waals surface area contributed by atoms with Gasteiger partial charge in [-0.2, -0.15) is 0 Å².